The molecule has 1 aliphatic carbocycles. The number of carboxylic acid groups (broad SMARTS) is 1. The fourth-order valence-electron chi connectivity index (χ4n) is 8.41. The maximum atomic E-state index is 11.8. The number of carbonyl (C=O) groups excluding carboxylic acids is 2. The van der Waals surface area contributed by atoms with Crippen molar-refractivity contribution in [3.8, 4) is 33.8 Å². The van der Waals surface area contributed by atoms with Crippen LogP contribution in [0.15, 0.2) is 72.9 Å². The van der Waals surface area contributed by atoms with Gasteiger partial charge in [0.25, 0.3) is 5.91 Å². The molecule has 0 spiro atoms. The first-order chi connectivity index (χ1) is 28.5. The average molecular weight is 842 g/mol. The topological polar surface area (TPSA) is 161 Å². The molecule has 310 valence electrons. The van der Waals surface area contributed by atoms with Crippen molar-refractivity contribution < 1.29 is 29.0 Å². The molecule has 5 N–H and O–H groups in total. The van der Waals surface area contributed by atoms with E-state index in [9.17, 15) is 19.5 Å². The number of carboxylic acids is 1. The molecular formula is C45H50Cl2N6O6. The number of halogens is 2. The number of primary amides is 1. The predicted octanol–water partition coefficient (Wildman–Crippen LogP) is 7.29. The Morgan fingerprint density at radius 2 is 1.73 bits per heavy atom. The molecule has 2 fully saturated rings. The molecule has 1 saturated heterocycles. The maximum Gasteiger partial charge on any atom is 0.306 e. The first-order valence-electron chi connectivity index (χ1n) is 20.0. The SMILES string of the molecule is COc1cc(-c2cccc(-c3cccc4c3cnn4Cc3cc(OCC(N)=O)c(CN(C)CC4CCC(C(=O)O)CC4)cc3Cl)c2Cl)ccc1CNC[C@@H]1CCC(=O)N1. The molecule has 0 radical (unpaired) electrons. The monoisotopic (exact) mass is 840 g/mol. The summed E-state index contributed by atoms with van der Waals surface area (Å²) in [7, 11) is 3.68. The van der Waals surface area contributed by atoms with Gasteiger partial charge in [0.1, 0.15) is 11.5 Å². The van der Waals surface area contributed by atoms with Crippen LogP contribution >= 0.6 is 23.2 Å². The molecule has 12 nitrogen and oxygen atoms in total. The summed E-state index contributed by atoms with van der Waals surface area (Å²) < 4.78 is 13.6. The van der Waals surface area contributed by atoms with E-state index in [1.54, 1.807) is 7.11 Å². The number of rotatable bonds is 17. The van der Waals surface area contributed by atoms with E-state index in [0.29, 0.717) is 67.2 Å². The van der Waals surface area contributed by atoms with Gasteiger partial charge in [-0.05, 0) is 86.0 Å². The van der Waals surface area contributed by atoms with E-state index in [2.05, 4.69) is 15.5 Å². The van der Waals surface area contributed by atoms with Gasteiger partial charge in [-0.3, -0.25) is 19.1 Å². The molecule has 4 aromatic carbocycles. The average Bonchev–Trinajstić information content (AvgIpc) is 3.84. The normalized spacial score (nSPS) is 18.0. The molecule has 59 heavy (non-hydrogen) atoms. The molecule has 5 aromatic rings. The van der Waals surface area contributed by atoms with Crippen LogP contribution in [0.4, 0.5) is 0 Å². The number of nitrogens with two attached hydrogens (primary N) is 1. The highest BCUT2D eigenvalue weighted by Gasteiger charge is 2.27. The lowest BCUT2D eigenvalue weighted by molar-refractivity contribution is -0.143. The molecular weight excluding hydrogens is 791 g/mol. The number of fused-ring (bicyclic) bond motifs is 1. The summed E-state index contributed by atoms with van der Waals surface area (Å²) in [6.07, 6.45) is 6.37. The van der Waals surface area contributed by atoms with Crippen LogP contribution in [0, 0.1) is 11.8 Å². The largest absolute Gasteiger partial charge is 0.496 e. The van der Waals surface area contributed by atoms with E-state index in [1.165, 1.54) is 0 Å². The first kappa shape index (κ1) is 42.0. The van der Waals surface area contributed by atoms with Gasteiger partial charge in [-0.25, -0.2) is 0 Å². The molecule has 2 heterocycles. The van der Waals surface area contributed by atoms with Crippen LogP contribution in [0.5, 0.6) is 11.5 Å². The number of amides is 2. The summed E-state index contributed by atoms with van der Waals surface area (Å²) in [5, 5.41) is 22.7. The summed E-state index contributed by atoms with van der Waals surface area (Å²) in [4.78, 5) is 37.0. The summed E-state index contributed by atoms with van der Waals surface area (Å²) in [5.41, 5.74) is 12.5. The van der Waals surface area contributed by atoms with Gasteiger partial charge in [-0.1, -0.05) is 65.7 Å². The van der Waals surface area contributed by atoms with Gasteiger partial charge < -0.3 is 35.8 Å². The molecule has 1 aliphatic heterocycles. The zero-order valence-electron chi connectivity index (χ0n) is 33.3. The van der Waals surface area contributed by atoms with Gasteiger partial charge >= 0.3 is 5.97 Å². The van der Waals surface area contributed by atoms with Crippen molar-refractivity contribution in [1.82, 2.24) is 25.3 Å². The molecule has 7 rings (SSSR count). The van der Waals surface area contributed by atoms with E-state index >= 15 is 0 Å². The van der Waals surface area contributed by atoms with Crippen molar-refractivity contribution in [2.24, 2.45) is 17.6 Å². The van der Waals surface area contributed by atoms with Crippen LogP contribution in [-0.2, 0) is 34.0 Å². The number of ether oxygens (including phenoxy) is 2. The molecule has 1 saturated carbocycles. The molecule has 1 atom stereocenters. The van der Waals surface area contributed by atoms with Crippen LogP contribution in [-0.4, -0.2) is 77.5 Å². The van der Waals surface area contributed by atoms with Gasteiger partial charge in [-0.15, -0.1) is 0 Å². The lowest BCUT2D eigenvalue weighted by Crippen LogP contribution is -2.35. The minimum Gasteiger partial charge on any atom is -0.496 e. The molecule has 14 heteroatoms. The molecule has 2 amide bonds. The highest BCUT2D eigenvalue weighted by molar-refractivity contribution is 6.36. The van der Waals surface area contributed by atoms with Crippen molar-refractivity contribution in [2.45, 2.75) is 64.2 Å². The third kappa shape index (κ3) is 10.0. The molecule has 1 aromatic heterocycles. The number of carbonyl (C=O) groups is 3. The summed E-state index contributed by atoms with van der Waals surface area (Å²) in [5.74, 6) is 0.219. The summed E-state index contributed by atoms with van der Waals surface area (Å²) in [6.45, 7) is 2.68. The molecule has 2 aliphatic rings. The lowest BCUT2D eigenvalue weighted by atomic mass is 9.82. The highest BCUT2D eigenvalue weighted by Crippen LogP contribution is 2.41. The van der Waals surface area contributed by atoms with Crippen LogP contribution in [0.3, 0.4) is 0 Å². The second-order valence-corrected chi connectivity index (χ2v) is 16.5. The zero-order valence-corrected chi connectivity index (χ0v) is 34.8. The smallest absolute Gasteiger partial charge is 0.306 e. The fraction of sp³-hybridized carbons (Fsp3) is 0.378. The van der Waals surface area contributed by atoms with E-state index in [-0.39, 0.29) is 24.5 Å². The van der Waals surface area contributed by atoms with Gasteiger partial charge in [-0.2, -0.15) is 5.10 Å². The number of methoxy groups -OCH3 is 1. The van der Waals surface area contributed by atoms with Crippen molar-refractivity contribution in [2.75, 3.05) is 33.9 Å². The Balaban J connectivity index is 1.09. The summed E-state index contributed by atoms with van der Waals surface area (Å²) in [6, 6.07) is 22.0. The van der Waals surface area contributed by atoms with Crippen LogP contribution in [0.1, 0.15) is 55.2 Å². The van der Waals surface area contributed by atoms with Crippen molar-refractivity contribution in [3.63, 3.8) is 0 Å². The second-order valence-electron chi connectivity index (χ2n) is 15.7. The Bertz CT molecular complexity index is 2340. The minimum absolute atomic E-state index is 0.102. The van der Waals surface area contributed by atoms with E-state index in [1.807, 2.05) is 84.7 Å². The van der Waals surface area contributed by atoms with Gasteiger partial charge in [0.15, 0.2) is 6.61 Å². The number of nitrogens with one attached hydrogen (secondary N) is 2. The Morgan fingerprint density at radius 3 is 2.46 bits per heavy atom. The zero-order chi connectivity index (χ0) is 41.6. The van der Waals surface area contributed by atoms with Gasteiger partial charge in [0.05, 0.1) is 36.3 Å². The fourth-order valence-corrected chi connectivity index (χ4v) is 8.99. The quantitative estimate of drug-likeness (QED) is 0.0754. The number of aliphatic carboxylic acids is 1. The van der Waals surface area contributed by atoms with Crippen LogP contribution in [0.2, 0.25) is 10.0 Å². The Labute approximate surface area is 353 Å². The standard InChI is InChI=1S/C45H50Cl2N6O6/c1-52(23-27-9-11-28(12-10-27)45(56)57)24-32-17-38(46)31(19-41(32)59-26-42(48)54)25-53-39-8-4-6-35(37(39)22-50-53)36-7-3-5-34(44(36)47)29-13-14-30(40(18-29)58-2)20-49-21-33-15-16-43(55)51-33/h3-8,13-14,17-19,22,27-28,33,49H,9-12,15-16,20-21,23-26H2,1-2H3,(H2,48,54)(H,51,55)(H,56,57)/t27?,28?,33-/m0/s1. The number of nitrogens with zero attached hydrogens (tertiary/aromatic N) is 3. The Kier molecular flexibility index (Phi) is 13.4. The van der Waals surface area contributed by atoms with Gasteiger partial charge in [0, 0.05) is 71.3 Å². The Hall–Kier alpha value is -5.14. The highest BCUT2D eigenvalue weighted by atomic mass is 35.5. The number of hydrogen-bond donors (Lipinski definition) is 4. The predicted molar refractivity (Wildman–Crippen MR) is 230 cm³/mol. The van der Waals surface area contributed by atoms with Crippen molar-refractivity contribution in [3.05, 3.63) is 99.7 Å². The van der Waals surface area contributed by atoms with Crippen molar-refractivity contribution in [1.29, 1.82) is 0 Å². The number of aromatic nitrogens is 2. The lowest BCUT2D eigenvalue weighted by Gasteiger charge is -2.30. The molecule has 0 unspecified atom stereocenters. The van der Waals surface area contributed by atoms with E-state index in [4.69, 9.17) is 43.5 Å². The number of hydrogen-bond acceptors (Lipinski definition) is 8. The second kappa shape index (κ2) is 18.8. The Morgan fingerprint density at radius 1 is 0.966 bits per heavy atom. The van der Waals surface area contributed by atoms with E-state index in [0.717, 1.165) is 81.4 Å². The van der Waals surface area contributed by atoms with Gasteiger partial charge in [0.2, 0.25) is 5.91 Å². The van der Waals surface area contributed by atoms with E-state index < -0.39 is 11.9 Å². The number of benzene rings is 4. The minimum atomic E-state index is -0.709. The molecule has 0 bridgehead atoms. The third-order valence-corrected chi connectivity index (χ3v) is 12.3. The van der Waals surface area contributed by atoms with Crippen LogP contribution in [0.25, 0.3) is 33.2 Å². The summed E-state index contributed by atoms with van der Waals surface area (Å²) >= 11 is 14.2. The maximum absolute atomic E-state index is 11.8. The first-order valence-corrected chi connectivity index (χ1v) is 20.8. The third-order valence-electron chi connectivity index (χ3n) is 11.5. The van der Waals surface area contributed by atoms with Crippen LogP contribution < -0.4 is 25.8 Å². The van der Waals surface area contributed by atoms with Crippen molar-refractivity contribution >= 4 is 51.9 Å².